The van der Waals surface area contributed by atoms with Gasteiger partial charge in [-0.05, 0) is 6.07 Å². The average molecular weight is 446 g/mol. The molecule has 7 heteroatoms. The molecule has 0 saturated carbocycles. The Kier molecular flexibility index (Phi) is 6.04. The summed E-state index contributed by atoms with van der Waals surface area (Å²) in [4.78, 5) is 25.4. The number of para-hydroxylation sites is 1. The molecule has 1 atom stereocenters. The first-order valence-electron chi connectivity index (χ1n) is 10.2. The zero-order valence-corrected chi connectivity index (χ0v) is 18.1. The molecule has 168 valence electrons. The van der Waals surface area contributed by atoms with Crippen molar-refractivity contribution in [3.63, 3.8) is 0 Å². The lowest BCUT2D eigenvalue weighted by atomic mass is 9.86. The molecule has 0 spiro atoms. The Morgan fingerprint density at radius 3 is 2.36 bits per heavy atom. The molecule has 3 aromatic carbocycles. The van der Waals surface area contributed by atoms with E-state index in [2.05, 4.69) is 0 Å². The van der Waals surface area contributed by atoms with Crippen molar-refractivity contribution in [1.29, 1.82) is 0 Å². The number of fused-ring (bicyclic) bond motifs is 1. The van der Waals surface area contributed by atoms with Crippen LogP contribution in [0.25, 0.3) is 22.3 Å². The number of methoxy groups -OCH3 is 2. The Labute approximate surface area is 189 Å². The Hall–Kier alpha value is -4.26. The van der Waals surface area contributed by atoms with Crippen LogP contribution in [0.1, 0.15) is 23.5 Å². The van der Waals surface area contributed by atoms with Crippen LogP contribution >= 0.6 is 0 Å². The van der Waals surface area contributed by atoms with Crippen LogP contribution in [-0.2, 0) is 9.53 Å². The third kappa shape index (κ3) is 4.13. The van der Waals surface area contributed by atoms with Crippen molar-refractivity contribution in [2.45, 2.75) is 12.3 Å². The summed E-state index contributed by atoms with van der Waals surface area (Å²) >= 11 is 0. The van der Waals surface area contributed by atoms with Gasteiger partial charge in [0.2, 0.25) is 0 Å². The number of esters is 1. The van der Waals surface area contributed by atoms with Gasteiger partial charge in [0.1, 0.15) is 34.0 Å². The minimum absolute atomic E-state index is 0.0151. The fraction of sp³-hybridized carbons (Fsp3) is 0.154. The largest absolute Gasteiger partial charge is 0.507 e. The number of benzene rings is 3. The smallest absolute Gasteiger partial charge is 0.306 e. The monoisotopic (exact) mass is 446 g/mol. The standard InChI is InChI=1S/C26H22O7/c1-31-21-11-7-6-10-16(21)17(12-23(30)32-2)24-18(27)13-19(28)25-20(29)14-22(33-26(24)25)15-8-4-3-5-9-15/h3-11,13-14,17,27-28H,12H2,1-2H3. The second-order valence-electron chi connectivity index (χ2n) is 7.45. The Morgan fingerprint density at radius 1 is 0.970 bits per heavy atom. The number of phenols is 2. The van der Waals surface area contributed by atoms with Gasteiger partial charge in [-0.25, -0.2) is 0 Å². The summed E-state index contributed by atoms with van der Waals surface area (Å²) in [5.74, 6) is -1.33. The molecule has 0 aliphatic rings. The molecule has 4 aromatic rings. The van der Waals surface area contributed by atoms with Crippen LogP contribution in [0, 0.1) is 0 Å². The van der Waals surface area contributed by atoms with Gasteiger partial charge < -0.3 is 24.1 Å². The van der Waals surface area contributed by atoms with Crippen molar-refractivity contribution in [2.24, 2.45) is 0 Å². The molecule has 2 N–H and O–H groups in total. The van der Waals surface area contributed by atoms with E-state index in [1.165, 1.54) is 20.3 Å². The molecule has 0 aliphatic heterocycles. The van der Waals surface area contributed by atoms with Gasteiger partial charge in [-0.15, -0.1) is 0 Å². The summed E-state index contributed by atoms with van der Waals surface area (Å²) in [5.41, 5.74) is 0.907. The minimum atomic E-state index is -0.786. The van der Waals surface area contributed by atoms with Crippen LogP contribution in [-0.4, -0.2) is 30.4 Å². The van der Waals surface area contributed by atoms with Crippen LogP contribution < -0.4 is 10.2 Å². The summed E-state index contributed by atoms with van der Waals surface area (Å²) in [6.07, 6.45) is -0.163. The molecule has 0 radical (unpaired) electrons. The molecule has 0 aliphatic carbocycles. The van der Waals surface area contributed by atoms with E-state index in [9.17, 15) is 19.8 Å². The van der Waals surface area contributed by atoms with E-state index in [0.717, 1.165) is 6.07 Å². The van der Waals surface area contributed by atoms with Crippen LogP contribution in [0.15, 0.2) is 75.9 Å². The molecular formula is C26H22O7. The number of phenolic OH excluding ortho intramolecular Hbond substituents is 2. The van der Waals surface area contributed by atoms with Crippen molar-refractivity contribution < 1.29 is 28.9 Å². The van der Waals surface area contributed by atoms with E-state index in [-0.39, 0.29) is 34.5 Å². The SMILES string of the molecule is COC(=O)CC(c1ccccc1OC)c1c(O)cc(O)c2c(=O)cc(-c3ccccc3)oc12. The highest BCUT2D eigenvalue weighted by molar-refractivity contribution is 5.90. The second-order valence-corrected chi connectivity index (χ2v) is 7.45. The molecule has 1 aromatic heterocycles. The summed E-state index contributed by atoms with van der Waals surface area (Å²) in [6, 6.07) is 18.4. The highest BCUT2D eigenvalue weighted by Crippen LogP contribution is 2.44. The quantitative estimate of drug-likeness (QED) is 0.418. The summed E-state index contributed by atoms with van der Waals surface area (Å²) in [7, 11) is 2.76. The minimum Gasteiger partial charge on any atom is -0.507 e. The van der Waals surface area contributed by atoms with E-state index >= 15 is 0 Å². The van der Waals surface area contributed by atoms with Gasteiger partial charge in [0.25, 0.3) is 0 Å². The molecule has 0 saturated heterocycles. The van der Waals surface area contributed by atoms with Crippen molar-refractivity contribution in [1.82, 2.24) is 0 Å². The van der Waals surface area contributed by atoms with Crippen molar-refractivity contribution in [2.75, 3.05) is 14.2 Å². The van der Waals surface area contributed by atoms with E-state index < -0.39 is 23.1 Å². The zero-order chi connectivity index (χ0) is 23.5. The molecule has 0 amide bonds. The summed E-state index contributed by atoms with van der Waals surface area (Å²) in [5, 5.41) is 21.3. The molecule has 0 bridgehead atoms. The van der Waals surface area contributed by atoms with Gasteiger partial charge in [-0.1, -0.05) is 48.5 Å². The second kappa shape index (κ2) is 9.08. The van der Waals surface area contributed by atoms with Gasteiger partial charge in [0, 0.05) is 34.7 Å². The Morgan fingerprint density at radius 2 is 1.67 bits per heavy atom. The molecule has 7 nitrogen and oxygen atoms in total. The zero-order valence-electron chi connectivity index (χ0n) is 18.1. The summed E-state index contributed by atoms with van der Waals surface area (Å²) < 4.78 is 16.5. The molecule has 4 rings (SSSR count). The average Bonchev–Trinajstić information content (AvgIpc) is 2.83. The molecule has 0 fully saturated rings. The van der Waals surface area contributed by atoms with Gasteiger partial charge >= 0.3 is 5.97 Å². The first-order chi connectivity index (χ1) is 15.9. The van der Waals surface area contributed by atoms with Gasteiger partial charge in [0.15, 0.2) is 5.43 Å². The maximum atomic E-state index is 13.0. The fourth-order valence-corrected chi connectivity index (χ4v) is 3.97. The number of ether oxygens (including phenoxy) is 2. The molecular weight excluding hydrogens is 424 g/mol. The number of rotatable bonds is 6. The predicted molar refractivity (Wildman–Crippen MR) is 123 cm³/mol. The van der Waals surface area contributed by atoms with Crippen molar-refractivity contribution in [3.8, 4) is 28.6 Å². The van der Waals surface area contributed by atoms with Crippen LogP contribution in [0.3, 0.4) is 0 Å². The van der Waals surface area contributed by atoms with E-state index in [4.69, 9.17) is 13.9 Å². The van der Waals surface area contributed by atoms with Gasteiger partial charge in [-0.3, -0.25) is 9.59 Å². The first kappa shape index (κ1) is 22.0. The number of carbonyl (C=O) groups is 1. The fourth-order valence-electron chi connectivity index (χ4n) is 3.97. The molecule has 1 heterocycles. The number of carbonyl (C=O) groups excluding carboxylic acids is 1. The van der Waals surface area contributed by atoms with E-state index in [1.807, 2.05) is 6.07 Å². The van der Waals surface area contributed by atoms with Crippen molar-refractivity contribution >= 4 is 16.9 Å². The maximum Gasteiger partial charge on any atom is 0.306 e. The lowest BCUT2D eigenvalue weighted by Gasteiger charge is -2.22. The first-order valence-corrected chi connectivity index (χ1v) is 10.2. The number of aromatic hydroxyl groups is 2. The highest BCUT2D eigenvalue weighted by Gasteiger charge is 2.30. The predicted octanol–water partition coefficient (Wildman–Crippen LogP) is 4.57. The maximum absolute atomic E-state index is 13.0. The van der Waals surface area contributed by atoms with Crippen LogP contribution in [0.2, 0.25) is 0 Å². The lowest BCUT2D eigenvalue weighted by Crippen LogP contribution is -2.13. The molecule has 33 heavy (non-hydrogen) atoms. The van der Waals surface area contributed by atoms with E-state index in [1.54, 1.807) is 48.5 Å². The van der Waals surface area contributed by atoms with E-state index in [0.29, 0.717) is 16.9 Å². The third-order valence-corrected chi connectivity index (χ3v) is 5.52. The third-order valence-electron chi connectivity index (χ3n) is 5.52. The highest BCUT2D eigenvalue weighted by atomic mass is 16.5. The Balaban J connectivity index is 2.07. The molecule has 1 unspecified atom stereocenters. The van der Waals surface area contributed by atoms with Crippen LogP contribution in [0.5, 0.6) is 17.2 Å². The lowest BCUT2D eigenvalue weighted by molar-refractivity contribution is -0.140. The van der Waals surface area contributed by atoms with Crippen molar-refractivity contribution in [3.05, 3.63) is 88.1 Å². The van der Waals surface area contributed by atoms with Gasteiger partial charge in [-0.2, -0.15) is 0 Å². The number of hydrogen-bond acceptors (Lipinski definition) is 7. The van der Waals surface area contributed by atoms with Crippen LogP contribution in [0.4, 0.5) is 0 Å². The summed E-state index contributed by atoms with van der Waals surface area (Å²) in [6.45, 7) is 0. The van der Waals surface area contributed by atoms with Gasteiger partial charge in [0.05, 0.1) is 20.6 Å². The number of hydrogen-bond donors (Lipinski definition) is 2. The normalized spacial score (nSPS) is 11.8. The topological polar surface area (TPSA) is 106 Å². The Bertz CT molecular complexity index is 1370.